The van der Waals surface area contributed by atoms with Crippen LogP contribution in [0.1, 0.15) is 21.5 Å². The Morgan fingerprint density at radius 3 is 2.71 bits per heavy atom. The standard InChI is InChI=1S/C16H16BrNO3/c1-10-3-4-12(18)8-14(10)16(19)21-9-11-7-13(20-2)5-6-15(11)17/h3-8H,9,18H2,1-2H3. The molecule has 0 aliphatic carbocycles. The van der Waals surface area contributed by atoms with Crippen molar-refractivity contribution in [3.63, 3.8) is 0 Å². The highest BCUT2D eigenvalue weighted by Crippen LogP contribution is 2.24. The molecule has 110 valence electrons. The van der Waals surface area contributed by atoms with Crippen molar-refractivity contribution in [3.05, 3.63) is 57.6 Å². The number of nitrogen functional groups attached to an aromatic ring is 1. The third-order valence-corrected chi connectivity index (χ3v) is 3.87. The first kappa shape index (κ1) is 15.4. The van der Waals surface area contributed by atoms with Crippen LogP contribution in [-0.4, -0.2) is 13.1 Å². The highest BCUT2D eigenvalue weighted by Gasteiger charge is 2.12. The van der Waals surface area contributed by atoms with Crippen molar-refractivity contribution in [2.24, 2.45) is 0 Å². The van der Waals surface area contributed by atoms with E-state index in [0.29, 0.717) is 17.0 Å². The number of halogens is 1. The molecule has 0 fully saturated rings. The number of rotatable bonds is 4. The van der Waals surface area contributed by atoms with Crippen molar-refractivity contribution in [2.45, 2.75) is 13.5 Å². The Morgan fingerprint density at radius 2 is 2.00 bits per heavy atom. The normalized spacial score (nSPS) is 10.2. The molecule has 0 aliphatic rings. The molecule has 0 atom stereocenters. The van der Waals surface area contributed by atoms with Crippen LogP contribution in [0, 0.1) is 6.92 Å². The molecule has 0 amide bonds. The Labute approximate surface area is 132 Å². The molecule has 4 nitrogen and oxygen atoms in total. The van der Waals surface area contributed by atoms with Crippen molar-refractivity contribution < 1.29 is 14.3 Å². The molecule has 0 aromatic heterocycles. The van der Waals surface area contributed by atoms with Crippen molar-refractivity contribution in [1.82, 2.24) is 0 Å². The third-order valence-electron chi connectivity index (χ3n) is 3.09. The Morgan fingerprint density at radius 1 is 1.24 bits per heavy atom. The molecule has 0 aliphatic heterocycles. The summed E-state index contributed by atoms with van der Waals surface area (Å²) in [6.07, 6.45) is 0. The fourth-order valence-corrected chi connectivity index (χ4v) is 2.23. The Bertz CT molecular complexity index is 671. The molecule has 2 N–H and O–H groups in total. The topological polar surface area (TPSA) is 61.5 Å². The van der Waals surface area contributed by atoms with E-state index in [1.54, 1.807) is 25.3 Å². The van der Waals surface area contributed by atoms with Gasteiger partial charge >= 0.3 is 5.97 Å². The molecule has 0 bridgehead atoms. The number of hydrogen-bond donors (Lipinski definition) is 1. The van der Waals surface area contributed by atoms with Crippen LogP contribution in [0.3, 0.4) is 0 Å². The minimum atomic E-state index is -0.394. The molecule has 2 rings (SSSR count). The van der Waals surface area contributed by atoms with Crippen LogP contribution in [0.5, 0.6) is 5.75 Å². The minimum absolute atomic E-state index is 0.158. The van der Waals surface area contributed by atoms with Gasteiger partial charge in [0.05, 0.1) is 12.7 Å². The quantitative estimate of drug-likeness (QED) is 0.675. The maximum atomic E-state index is 12.1. The van der Waals surface area contributed by atoms with E-state index in [4.69, 9.17) is 15.2 Å². The Balaban J connectivity index is 2.12. The van der Waals surface area contributed by atoms with Gasteiger partial charge < -0.3 is 15.2 Å². The first-order chi connectivity index (χ1) is 10.0. The first-order valence-corrected chi connectivity index (χ1v) is 7.16. The molecule has 2 aromatic carbocycles. The molecule has 0 spiro atoms. The van der Waals surface area contributed by atoms with Crippen LogP contribution < -0.4 is 10.5 Å². The van der Waals surface area contributed by atoms with Gasteiger partial charge in [0.1, 0.15) is 12.4 Å². The summed E-state index contributed by atoms with van der Waals surface area (Å²) in [6, 6.07) is 10.7. The Kier molecular flexibility index (Phi) is 4.85. The highest BCUT2D eigenvalue weighted by molar-refractivity contribution is 9.10. The van der Waals surface area contributed by atoms with E-state index >= 15 is 0 Å². The zero-order valence-corrected chi connectivity index (χ0v) is 13.4. The number of esters is 1. The van der Waals surface area contributed by atoms with Crippen LogP contribution in [0.4, 0.5) is 5.69 Å². The molecular weight excluding hydrogens is 334 g/mol. The summed E-state index contributed by atoms with van der Waals surface area (Å²) in [7, 11) is 1.59. The van der Waals surface area contributed by atoms with Gasteiger partial charge in [-0.15, -0.1) is 0 Å². The predicted octanol–water partition coefficient (Wildman–Crippen LogP) is 3.71. The summed E-state index contributed by atoms with van der Waals surface area (Å²) < 4.78 is 11.4. The van der Waals surface area contributed by atoms with Gasteiger partial charge in [-0.3, -0.25) is 0 Å². The van der Waals surface area contributed by atoms with Crippen molar-refractivity contribution in [2.75, 3.05) is 12.8 Å². The molecule has 21 heavy (non-hydrogen) atoms. The molecule has 0 unspecified atom stereocenters. The number of methoxy groups -OCH3 is 1. The second-order valence-corrected chi connectivity index (χ2v) is 5.46. The average molecular weight is 350 g/mol. The number of anilines is 1. The van der Waals surface area contributed by atoms with E-state index < -0.39 is 5.97 Å². The summed E-state index contributed by atoms with van der Waals surface area (Å²) >= 11 is 3.43. The summed E-state index contributed by atoms with van der Waals surface area (Å²) in [5.74, 6) is 0.318. The number of aryl methyl sites for hydroxylation is 1. The number of ether oxygens (including phenoxy) is 2. The van der Waals surface area contributed by atoms with E-state index in [0.717, 1.165) is 15.6 Å². The largest absolute Gasteiger partial charge is 0.497 e. The predicted molar refractivity (Wildman–Crippen MR) is 85.4 cm³/mol. The van der Waals surface area contributed by atoms with Crippen LogP contribution in [0.2, 0.25) is 0 Å². The van der Waals surface area contributed by atoms with Gasteiger partial charge in [0, 0.05) is 15.7 Å². The van der Waals surface area contributed by atoms with Crippen LogP contribution in [0.25, 0.3) is 0 Å². The smallest absolute Gasteiger partial charge is 0.338 e. The number of carbonyl (C=O) groups is 1. The average Bonchev–Trinajstić information content (AvgIpc) is 2.48. The van der Waals surface area contributed by atoms with Gasteiger partial charge in [-0.1, -0.05) is 22.0 Å². The number of benzene rings is 2. The number of hydrogen-bond acceptors (Lipinski definition) is 4. The summed E-state index contributed by atoms with van der Waals surface area (Å²) in [5, 5.41) is 0. The van der Waals surface area contributed by atoms with E-state index in [1.807, 2.05) is 25.1 Å². The molecule has 0 radical (unpaired) electrons. The lowest BCUT2D eigenvalue weighted by molar-refractivity contribution is 0.0471. The SMILES string of the molecule is COc1ccc(Br)c(COC(=O)c2cc(N)ccc2C)c1. The molecular formula is C16H16BrNO3. The monoisotopic (exact) mass is 349 g/mol. The third kappa shape index (κ3) is 3.76. The fraction of sp³-hybridized carbons (Fsp3) is 0.188. The van der Waals surface area contributed by atoms with Crippen LogP contribution in [-0.2, 0) is 11.3 Å². The zero-order chi connectivity index (χ0) is 15.4. The van der Waals surface area contributed by atoms with Crippen molar-refractivity contribution >= 4 is 27.6 Å². The van der Waals surface area contributed by atoms with E-state index in [-0.39, 0.29) is 6.61 Å². The molecule has 0 heterocycles. The van der Waals surface area contributed by atoms with Gasteiger partial charge in [0.15, 0.2) is 0 Å². The van der Waals surface area contributed by atoms with Crippen LogP contribution >= 0.6 is 15.9 Å². The molecule has 0 saturated heterocycles. The maximum absolute atomic E-state index is 12.1. The fourth-order valence-electron chi connectivity index (χ4n) is 1.87. The van der Waals surface area contributed by atoms with Gasteiger partial charge in [0.25, 0.3) is 0 Å². The van der Waals surface area contributed by atoms with Gasteiger partial charge in [0.2, 0.25) is 0 Å². The zero-order valence-electron chi connectivity index (χ0n) is 11.9. The van der Waals surface area contributed by atoms with E-state index in [2.05, 4.69) is 15.9 Å². The minimum Gasteiger partial charge on any atom is -0.497 e. The second kappa shape index (κ2) is 6.63. The lowest BCUT2D eigenvalue weighted by Gasteiger charge is -2.10. The molecule has 5 heteroatoms. The highest BCUT2D eigenvalue weighted by atomic mass is 79.9. The van der Waals surface area contributed by atoms with Crippen molar-refractivity contribution in [1.29, 1.82) is 0 Å². The van der Waals surface area contributed by atoms with Gasteiger partial charge in [-0.05, 0) is 42.8 Å². The number of carbonyl (C=O) groups excluding carboxylic acids is 1. The Hall–Kier alpha value is -2.01. The van der Waals surface area contributed by atoms with E-state index in [9.17, 15) is 4.79 Å². The summed E-state index contributed by atoms with van der Waals surface area (Å²) in [5.41, 5.74) is 8.39. The molecule has 0 saturated carbocycles. The lowest BCUT2D eigenvalue weighted by atomic mass is 10.1. The van der Waals surface area contributed by atoms with Crippen molar-refractivity contribution in [3.8, 4) is 5.75 Å². The second-order valence-electron chi connectivity index (χ2n) is 4.61. The maximum Gasteiger partial charge on any atom is 0.338 e. The van der Waals surface area contributed by atoms with E-state index in [1.165, 1.54) is 0 Å². The van der Waals surface area contributed by atoms with Gasteiger partial charge in [-0.25, -0.2) is 4.79 Å². The number of nitrogens with two attached hydrogens (primary N) is 1. The van der Waals surface area contributed by atoms with Crippen LogP contribution in [0.15, 0.2) is 40.9 Å². The van der Waals surface area contributed by atoms with Gasteiger partial charge in [-0.2, -0.15) is 0 Å². The summed E-state index contributed by atoms with van der Waals surface area (Å²) in [4.78, 5) is 12.1. The molecule has 2 aromatic rings. The lowest BCUT2D eigenvalue weighted by Crippen LogP contribution is -2.08. The summed E-state index contributed by atoms with van der Waals surface area (Å²) in [6.45, 7) is 2.00. The first-order valence-electron chi connectivity index (χ1n) is 6.37.